The highest BCUT2D eigenvalue weighted by Crippen LogP contribution is 2.33. The Balaban J connectivity index is 2.38. The minimum absolute atomic E-state index is 0.604. The van der Waals surface area contributed by atoms with Crippen molar-refractivity contribution in [2.24, 2.45) is 7.05 Å². The number of aromatic nitrogens is 4. The first kappa shape index (κ1) is 11.2. The van der Waals surface area contributed by atoms with E-state index in [-0.39, 0.29) is 0 Å². The number of pyridine rings is 1. The molecule has 0 aromatic carbocycles. The summed E-state index contributed by atoms with van der Waals surface area (Å²) >= 11 is 1.45. The number of aryl methyl sites for hydroxylation is 1. The van der Waals surface area contributed by atoms with E-state index < -0.39 is 0 Å². The summed E-state index contributed by atoms with van der Waals surface area (Å²) < 4.78 is 7.40. The van der Waals surface area contributed by atoms with Crippen LogP contribution in [0.5, 0.6) is 5.19 Å². The van der Waals surface area contributed by atoms with Crippen LogP contribution in [0.4, 0.5) is 5.82 Å². The number of anilines is 1. The zero-order valence-electron chi connectivity index (χ0n) is 10.4. The molecule has 0 saturated carbocycles. The van der Waals surface area contributed by atoms with Crippen molar-refractivity contribution in [3.8, 4) is 5.19 Å². The third kappa shape index (κ3) is 1.51. The van der Waals surface area contributed by atoms with Crippen molar-refractivity contribution < 1.29 is 4.74 Å². The Morgan fingerprint density at radius 1 is 1.39 bits per heavy atom. The molecule has 0 amide bonds. The van der Waals surface area contributed by atoms with Crippen molar-refractivity contribution in [2.45, 2.75) is 6.92 Å². The molecule has 0 fully saturated rings. The molecule has 1 N–H and O–H groups in total. The Bertz CT molecular complexity index is 717. The highest BCUT2D eigenvalue weighted by atomic mass is 32.1. The van der Waals surface area contributed by atoms with Gasteiger partial charge in [-0.05, 0) is 6.92 Å². The molecule has 0 aliphatic carbocycles. The van der Waals surface area contributed by atoms with E-state index in [1.807, 2.05) is 25.6 Å². The molecule has 7 heteroatoms. The van der Waals surface area contributed by atoms with Gasteiger partial charge in [0.2, 0.25) is 0 Å². The molecule has 0 aliphatic heterocycles. The van der Waals surface area contributed by atoms with E-state index in [1.165, 1.54) is 11.3 Å². The standard InChI is InChI=1S/C11H13N5OS/c1-4-17-11-14-7-8-6(13-5-16(8)3)9(12-2)15-10(7)18-11/h5H,4H2,1-3H3,(H,12,15). The molecular weight excluding hydrogens is 250 g/mol. The van der Waals surface area contributed by atoms with Crippen LogP contribution in [0.1, 0.15) is 6.92 Å². The van der Waals surface area contributed by atoms with Gasteiger partial charge in [0.25, 0.3) is 5.19 Å². The number of hydrogen-bond donors (Lipinski definition) is 1. The normalized spacial score (nSPS) is 11.3. The second kappa shape index (κ2) is 4.09. The van der Waals surface area contributed by atoms with Gasteiger partial charge in [-0.1, -0.05) is 11.3 Å². The van der Waals surface area contributed by atoms with Crippen molar-refractivity contribution in [3.63, 3.8) is 0 Å². The second-order valence-corrected chi connectivity index (χ2v) is 4.77. The fraction of sp³-hybridized carbons (Fsp3) is 0.364. The van der Waals surface area contributed by atoms with Crippen molar-refractivity contribution in [2.75, 3.05) is 19.0 Å². The van der Waals surface area contributed by atoms with Crippen LogP contribution < -0.4 is 10.1 Å². The van der Waals surface area contributed by atoms with Crippen LogP contribution in [0.2, 0.25) is 0 Å². The maximum Gasteiger partial charge on any atom is 0.275 e. The average Bonchev–Trinajstić information content (AvgIpc) is 2.92. The van der Waals surface area contributed by atoms with Gasteiger partial charge >= 0.3 is 0 Å². The van der Waals surface area contributed by atoms with E-state index in [0.29, 0.717) is 11.8 Å². The molecule has 0 spiro atoms. The van der Waals surface area contributed by atoms with Gasteiger partial charge in [0.05, 0.1) is 12.9 Å². The Hall–Kier alpha value is -1.89. The van der Waals surface area contributed by atoms with Crippen molar-refractivity contribution in [1.82, 2.24) is 19.5 Å². The summed E-state index contributed by atoms with van der Waals surface area (Å²) in [7, 11) is 3.79. The lowest BCUT2D eigenvalue weighted by molar-refractivity contribution is 0.339. The molecule has 3 aromatic heterocycles. The molecule has 0 aliphatic rings. The van der Waals surface area contributed by atoms with Gasteiger partial charge in [-0.15, -0.1) is 0 Å². The number of thiazole rings is 1. The van der Waals surface area contributed by atoms with E-state index in [4.69, 9.17) is 4.74 Å². The molecule has 18 heavy (non-hydrogen) atoms. The number of rotatable bonds is 3. The maximum absolute atomic E-state index is 5.45. The molecule has 6 nitrogen and oxygen atoms in total. The topological polar surface area (TPSA) is 64.9 Å². The lowest BCUT2D eigenvalue weighted by Crippen LogP contribution is -1.95. The first-order valence-corrected chi connectivity index (χ1v) is 6.48. The van der Waals surface area contributed by atoms with Gasteiger partial charge in [-0.2, -0.15) is 4.98 Å². The summed E-state index contributed by atoms with van der Waals surface area (Å²) in [4.78, 5) is 14.2. The van der Waals surface area contributed by atoms with Gasteiger partial charge in [0.15, 0.2) is 10.6 Å². The zero-order chi connectivity index (χ0) is 12.7. The van der Waals surface area contributed by atoms with E-state index in [9.17, 15) is 0 Å². The predicted octanol–water partition coefficient (Wildman–Crippen LogP) is 2.02. The van der Waals surface area contributed by atoms with Crippen LogP contribution in [0, 0.1) is 0 Å². The first-order chi connectivity index (χ1) is 8.74. The third-order valence-electron chi connectivity index (χ3n) is 2.69. The smallest absolute Gasteiger partial charge is 0.275 e. The molecular formula is C11H13N5OS. The molecule has 3 aromatic rings. The molecule has 0 unspecified atom stereocenters. The van der Waals surface area contributed by atoms with E-state index in [2.05, 4.69) is 20.3 Å². The Morgan fingerprint density at radius 3 is 2.94 bits per heavy atom. The third-order valence-corrected chi connectivity index (χ3v) is 3.56. The highest BCUT2D eigenvalue weighted by Gasteiger charge is 2.16. The fourth-order valence-electron chi connectivity index (χ4n) is 1.92. The summed E-state index contributed by atoms with van der Waals surface area (Å²) in [5, 5.41) is 3.72. The summed E-state index contributed by atoms with van der Waals surface area (Å²) in [6.45, 7) is 2.55. The average molecular weight is 263 g/mol. The molecule has 3 rings (SSSR count). The quantitative estimate of drug-likeness (QED) is 0.783. The van der Waals surface area contributed by atoms with Crippen LogP contribution in [0.3, 0.4) is 0 Å². The van der Waals surface area contributed by atoms with Crippen LogP contribution in [0.25, 0.3) is 21.4 Å². The summed E-state index contributed by atoms with van der Waals surface area (Å²) in [5.74, 6) is 0.768. The SMILES string of the molecule is CCOc1nc2c(nc(NC)c3ncn(C)c32)s1. The second-order valence-electron chi connectivity index (χ2n) is 3.83. The number of nitrogens with one attached hydrogen (secondary N) is 1. The van der Waals surface area contributed by atoms with E-state index in [1.54, 1.807) is 6.33 Å². The number of hydrogen-bond acceptors (Lipinski definition) is 6. The lowest BCUT2D eigenvalue weighted by atomic mass is 10.3. The first-order valence-electron chi connectivity index (χ1n) is 5.66. The Morgan fingerprint density at radius 2 is 2.22 bits per heavy atom. The van der Waals surface area contributed by atoms with Crippen LogP contribution in [-0.4, -0.2) is 33.2 Å². The molecule has 0 radical (unpaired) electrons. The monoisotopic (exact) mass is 263 g/mol. The van der Waals surface area contributed by atoms with E-state index >= 15 is 0 Å². The van der Waals surface area contributed by atoms with Crippen LogP contribution in [0.15, 0.2) is 6.33 Å². The maximum atomic E-state index is 5.45. The van der Waals surface area contributed by atoms with Crippen molar-refractivity contribution in [3.05, 3.63) is 6.33 Å². The summed E-state index contributed by atoms with van der Waals surface area (Å²) in [6, 6.07) is 0. The fourth-order valence-corrected chi connectivity index (χ4v) is 2.77. The Labute approximate surface area is 108 Å². The minimum Gasteiger partial charge on any atom is -0.470 e. The van der Waals surface area contributed by atoms with Gasteiger partial charge in [-0.3, -0.25) is 0 Å². The van der Waals surface area contributed by atoms with E-state index in [0.717, 1.165) is 27.2 Å². The summed E-state index contributed by atoms with van der Waals surface area (Å²) in [6.07, 6.45) is 1.77. The highest BCUT2D eigenvalue weighted by molar-refractivity contribution is 7.20. The van der Waals surface area contributed by atoms with Crippen molar-refractivity contribution >= 4 is 38.5 Å². The molecule has 3 heterocycles. The minimum atomic E-state index is 0.604. The predicted molar refractivity (Wildman–Crippen MR) is 72.4 cm³/mol. The van der Waals surface area contributed by atoms with Gasteiger partial charge < -0.3 is 14.6 Å². The molecule has 0 bridgehead atoms. The molecule has 0 atom stereocenters. The zero-order valence-corrected chi connectivity index (χ0v) is 11.2. The number of nitrogens with zero attached hydrogens (tertiary/aromatic N) is 4. The van der Waals surface area contributed by atoms with Crippen molar-refractivity contribution in [1.29, 1.82) is 0 Å². The van der Waals surface area contributed by atoms with Gasteiger partial charge in [-0.25, -0.2) is 9.97 Å². The molecule has 0 saturated heterocycles. The number of imidazole rings is 1. The van der Waals surface area contributed by atoms with Crippen LogP contribution in [-0.2, 0) is 7.05 Å². The van der Waals surface area contributed by atoms with Gasteiger partial charge in [0.1, 0.15) is 16.6 Å². The van der Waals surface area contributed by atoms with Gasteiger partial charge in [0, 0.05) is 14.1 Å². The summed E-state index contributed by atoms with van der Waals surface area (Å²) in [5.41, 5.74) is 2.66. The molecule has 94 valence electrons. The largest absolute Gasteiger partial charge is 0.470 e. The van der Waals surface area contributed by atoms with Crippen LogP contribution >= 0.6 is 11.3 Å². The number of ether oxygens (including phenoxy) is 1. The lowest BCUT2D eigenvalue weighted by Gasteiger charge is -2.01. The Kier molecular flexibility index (Phi) is 2.55. The number of fused-ring (bicyclic) bond motifs is 3.